The lowest BCUT2D eigenvalue weighted by Gasteiger charge is -2.23. The van der Waals surface area contributed by atoms with Crippen LogP contribution in [-0.2, 0) is 10.0 Å². The first-order chi connectivity index (χ1) is 13.4. The zero-order valence-electron chi connectivity index (χ0n) is 15.4. The van der Waals surface area contributed by atoms with Gasteiger partial charge in [-0.3, -0.25) is 4.31 Å². The van der Waals surface area contributed by atoms with Crippen molar-refractivity contribution in [1.29, 1.82) is 0 Å². The van der Waals surface area contributed by atoms with Gasteiger partial charge in [-0.25, -0.2) is 8.42 Å². The van der Waals surface area contributed by atoms with Crippen LogP contribution in [0.1, 0.15) is 22.6 Å². The van der Waals surface area contributed by atoms with Crippen molar-refractivity contribution in [1.82, 2.24) is 4.31 Å². The van der Waals surface area contributed by atoms with Gasteiger partial charge in [-0.1, -0.05) is 77.8 Å². The molecule has 5 heteroatoms. The van der Waals surface area contributed by atoms with Crippen molar-refractivity contribution in [3.05, 3.63) is 107 Å². The molecule has 0 saturated carbocycles. The van der Waals surface area contributed by atoms with Crippen LogP contribution in [0.3, 0.4) is 0 Å². The van der Waals surface area contributed by atoms with Gasteiger partial charge in [0.1, 0.15) is 0 Å². The highest BCUT2D eigenvalue weighted by Crippen LogP contribution is 2.38. The molecule has 1 unspecified atom stereocenters. The van der Waals surface area contributed by atoms with Gasteiger partial charge >= 0.3 is 0 Å². The lowest BCUT2D eigenvalue weighted by atomic mass is 10.00. The Labute approximate surface area is 170 Å². The highest BCUT2D eigenvalue weighted by molar-refractivity contribution is 7.89. The Bertz CT molecular complexity index is 1120. The summed E-state index contributed by atoms with van der Waals surface area (Å²) in [5.41, 5.74) is 3.60. The zero-order chi connectivity index (χ0) is 19.7. The van der Waals surface area contributed by atoms with Crippen LogP contribution >= 0.6 is 11.6 Å². The molecule has 3 aromatic carbocycles. The van der Waals surface area contributed by atoms with Crippen LogP contribution < -0.4 is 0 Å². The number of nitrogens with zero attached hydrogens (tertiary/aromatic N) is 1. The van der Waals surface area contributed by atoms with Gasteiger partial charge in [0.05, 0.1) is 10.6 Å². The van der Waals surface area contributed by atoms with Gasteiger partial charge in [0.2, 0.25) is 0 Å². The fraction of sp³-hybridized carbons (Fsp3) is 0.130. The van der Waals surface area contributed by atoms with Crippen LogP contribution in [0.25, 0.3) is 5.70 Å². The maximum Gasteiger partial charge on any atom is 0.264 e. The van der Waals surface area contributed by atoms with Crippen LogP contribution in [0.2, 0.25) is 5.02 Å². The summed E-state index contributed by atoms with van der Waals surface area (Å²) in [5, 5.41) is 0.645. The second-order valence-electron chi connectivity index (χ2n) is 6.93. The third-order valence-corrected chi connectivity index (χ3v) is 6.97. The predicted octanol–water partition coefficient (Wildman–Crippen LogP) is 5.48. The van der Waals surface area contributed by atoms with E-state index in [2.05, 4.69) is 0 Å². The molecule has 142 valence electrons. The first-order valence-corrected chi connectivity index (χ1v) is 10.9. The van der Waals surface area contributed by atoms with Crippen molar-refractivity contribution in [2.24, 2.45) is 0 Å². The van der Waals surface area contributed by atoms with Crippen molar-refractivity contribution in [2.75, 3.05) is 6.54 Å². The van der Waals surface area contributed by atoms with E-state index < -0.39 is 10.0 Å². The molecule has 0 spiro atoms. The van der Waals surface area contributed by atoms with Crippen molar-refractivity contribution in [3.63, 3.8) is 0 Å². The van der Waals surface area contributed by atoms with Gasteiger partial charge in [0.15, 0.2) is 0 Å². The average Bonchev–Trinajstić information content (AvgIpc) is 3.15. The van der Waals surface area contributed by atoms with Gasteiger partial charge in [-0.15, -0.1) is 0 Å². The molecule has 0 bridgehead atoms. The molecule has 1 atom stereocenters. The molecule has 0 aliphatic carbocycles. The summed E-state index contributed by atoms with van der Waals surface area (Å²) >= 11 is 6.16. The molecule has 0 saturated heterocycles. The zero-order valence-corrected chi connectivity index (χ0v) is 17.0. The molecule has 0 aromatic heterocycles. The number of hydrogen-bond donors (Lipinski definition) is 0. The number of benzene rings is 3. The second-order valence-corrected chi connectivity index (χ2v) is 9.23. The van der Waals surface area contributed by atoms with E-state index >= 15 is 0 Å². The average molecular weight is 410 g/mol. The van der Waals surface area contributed by atoms with Crippen LogP contribution in [0.4, 0.5) is 0 Å². The molecule has 4 rings (SSSR count). The quantitative estimate of drug-likeness (QED) is 0.572. The maximum absolute atomic E-state index is 13.4. The molecule has 3 aromatic rings. The molecular formula is C23H20ClNO2S. The van der Waals surface area contributed by atoms with E-state index in [0.717, 1.165) is 16.7 Å². The number of hydrogen-bond acceptors (Lipinski definition) is 2. The maximum atomic E-state index is 13.4. The van der Waals surface area contributed by atoms with Gasteiger partial charge in [-0.05, 0) is 42.3 Å². The van der Waals surface area contributed by atoms with Crippen LogP contribution in [0, 0.1) is 6.92 Å². The Kier molecular flexibility index (Phi) is 5.00. The minimum Gasteiger partial charge on any atom is -0.265 e. The normalized spacial score (nSPS) is 16.9. The van der Waals surface area contributed by atoms with Crippen molar-refractivity contribution >= 4 is 27.3 Å². The number of sulfonamides is 1. The summed E-state index contributed by atoms with van der Waals surface area (Å²) in [6, 6.07) is 24.2. The third kappa shape index (κ3) is 3.58. The fourth-order valence-corrected chi connectivity index (χ4v) is 5.17. The Morgan fingerprint density at radius 3 is 2.32 bits per heavy atom. The topological polar surface area (TPSA) is 37.4 Å². The summed E-state index contributed by atoms with van der Waals surface area (Å²) in [6.07, 6.45) is 2.02. The number of halogens is 1. The lowest BCUT2D eigenvalue weighted by molar-refractivity contribution is 0.515. The predicted molar refractivity (Wildman–Crippen MR) is 114 cm³/mol. The smallest absolute Gasteiger partial charge is 0.264 e. The van der Waals surface area contributed by atoms with Gasteiger partial charge in [0.25, 0.3) is 10.0 Å². The van der Waals surface area contributed by atoms with E-state index in [1.807, 2.05) is 79.7 Å². The third-order valence-electron chi connectivity index (χ3n) is 4.95. The molecule has 3 nitrogen and oxygen atoms in total. The molecular weight excluding hydrogens is 390 g/mol. The van der Waals surface area contributed by atoms with E-state index in [0.29, 0.717) is 22.2 Å². The van der Waals surface area contributed by atoms with E-state index in [4.69, 9.17) is 11.6 Å². The fourth-order valence-electron chi connectivity index (χ4n) is 3.46. The Morgan fingerprint density at radius 1 is 0.929 bits per heavy atom. The first kappa shape index (κ1) is 18.8. The van der Waals surface area contributed by atoms with Crippen molar-refractivity contribution in [2.45, 2.75) is 17.7 Å². The largest absolute Gasteiger partial charge is 0.265 e. The van der Waals surface area contributed by atoms with Crippen LogP contribution in [0.15, 0.2) is 89.8 Å². The molecule has 1 aliphatic heterocycles. The molecule has 1 heterocycles. The summed E-state index contributed by atoms with van der Waals surface area (Å²) in [4.78, 5) is 0.298. The first-order valence-electron chi connectivity index (χ1n) is 9.07. The molecule has 0 fully saturated rings. The van der Waals surface area contributed by atoms with Gasteiger partial charge in [0, 0.05) is 17.5 Å². The Balaban J connectivity index is 1.79. The SMILES string of the molecule is Cc1ccc(S(=O)(=O)N2CC(c3cccc(Cl)c3)C=C2c2ccccc2)cc1. The minimum absolute atomic E-state index is 0.0610. The highest BCUT2D eigenvalue weighted by Gasteiger charge is 2.34. The minimum atomic E-state index is -3.67. The van der Waals surface area contributed by atoms with Crippen LogP contribution in [-0.4, -0.2) is 19.3 Å². The number of aryl methyl sites for hydroxylation is 1. The van der Waals surface area contributed by atoms with Crippen molar-refractivity contribution < 1.29 is 8.42 Å². The molecule has 0 radical (unpaired) electrons. The van der Waals surface area contributed by atoms with Gasteiger partial charge in [-0.2, -0.15) is 0 Å². The lowest BCUT2D eigenvalue weighted by Crippen LogP contribution is -2.28. The molecule has 0 amide bonds. The monoisotopic (exact) mass is 409 g/mol. The van der Waals surface area contributed by atoms with E-state index in [1.54, 1.807) is 12.1 Å². The van der Waals surface area contributed by atoms with E-state index in [-0.39, 0.29) is 5.92 Å². The molecule has 0 N–H and O–H groups in total. The van der Waals surface area contributed by atoms with E-state index in [9.17, 15) is 8.42 Å². The standard InChI is InChI=1S/C23H20ClNO2S/c1-17-10-12-22(13-11-17)28(26,27)25-16-20(19-8-5-9-21(24)14-19)15-23(25)18-6-3-2-4-7-18/h2-15,20H,16H2,1H3. The molecule has 1 aliphatic rings. The number of rotatable bonds is 4. The second kappa shape index (κ2) is 7.46. The van der Waals surface area contributed by atoms with Gasteiger partial charge < -0.3 is 0 Å². The summed E-state index contributed by atoms with van der Waals surface area (Å²) in [6.45, 7) is 2.29. The van der Waals surface area contributed by atoms with Crippen LogP contribution in [0.5, 0.6) is 0 Å². The Hall–Kier alpha value is -2.56. The summed E-state index contributed by atoms with van der Waals surface area (Å²) in [7, 11) is -3.67. The van der Waals surface area contributed by atoms with Crippen molar-refractivity contribution in [3.8, 4) is 0 Å². The molecule has 28 heavy (non-hydrogen) atoms. The van der Waals surface area contributed by atoms with E-state index in [1.165, 1.54) is 4.31 Å². The summed E-state index contributed by atoms with van der Waals surface area (Å²) in [5.74, 6) is -0.0610. The highest BCUT2D eigenvalue weighted by atomic mass is 35.5. The Morgan fingerprint density at radius 2 is 1.64 bits per heavy atom. The summed E-state index contributed by atoms with van der Waals surface area (Å²) < 4.78 is 28.4.